The third-order valence-corrected chi connectivity index (χ3v) is 7.45. The second-order valence-corrected chi connectivity index (χ2v) is 10.3. The Kier molecular flexibility index (Phi) is 11.9. The van der Waals surface area contributed by atoms with Crippen LogP contribution in [0.25, 0.3) is 0 Å². The monoisotopic (exact) mass is 577 g/mol. The zero-order valence-electron chi connectivity index (χ0n) is 23.4. The van der Waals surface area contributed by atoms with Crippen molar-refractivity contribution in [1.82, 2.24) is 14.9 Å². The molecule has 0 bridgehead atoms. The van der Waals surface area contributed by atoms with E-state index in [0.29, 0.717) is 51.9 Å². The summed E-state index contributed by atoms with van der Waals surface area (Å²) in [5.74, 6) is 1.74. The molecule has 3 aromatic rings. The number of amides is 1. The Morgan fingerprint density at radius 1 is 1.15 bits per heavy atom. The summed E-state index contributed by atoms with van der Waals surface area (Å²) in [7, 11) is 1.96. The summed E-state index contributed by atoms with van der Waals surface area (Å²) < 4.78 is 6.08. The van der Waals surface area contributed by atoms with E-state index in [1.807, 2.05) is 31.3 Å². The van der Waals surface area contributed by atoms with Crippen molar-refractivity contribution in [3.8, 4) is 11.5 Å². The fraction of sp³-hybridized carbons (Fsp3) is 0.300. The second-order valence-electron chi connectivity index (χ2n) is 9.26. The van der Waals surface area contributed by atoms with Gasteiger partial charge in [0.05, 0.1) is 12.1 Å². The van der Waals surface area contributed by atoms with Crippen LogP contribution in [0.4, 0.5) is 11.5 Å². The molecule has 2 aromatic carbocycles. The van der Waals surface area contributed by atoms with Crippen molar-refractivity contribution in [3.05, 3.63) is 82.3 Å². The Balaban J connectivity index is 1.78. The molecule has 3 N–H and O–H groups in total. The van der Waals surface area contributed by atoms with Gasteiger partial charge in [-0.05, 0) is 68.4 Å². The average Bonchev–Trinajstić information content (AvgIpc) is 2.97. The topological polar surface area (TPSA) is 139 Å². The molecule has 11 heteroatoms. The van der Waals surface area contributed by atoms with Gasteiger partial charge in [0.1, 0.15) is 29.4 Å². The van der Waals surface area contributed by atoms with E-state index in [9.17, 15) is 19.5 Å². The number of carbonyl (C=O) groups excluding carboxylic acids is 3. The summed E-state index contributed by atoms with van der Waals surface area (Å²) in [5, 5.41) is 9.42. The normalized spacial score (nSPS) is 11.4. The molecule has 0 saturated carbocycles. The van der Waals surface area contributed by atoms with Gasteiger partial charge in [0, 0.05) is 61.1 Å². The zero-order valence-corrected chi connectivity index (χ0v) is 24.3. The van der Waals surface area contributed by atoms with Gasteiger partial charge in [-0.1, -0.05) is 12.1 Å². The highest BCUT2D eigenvalue weighted by molar-refractivity contribution is 8.17. The maximum absolute atomic E-state index is 13.5. The maximum Gasteiger partial charge on any atom is 0.227 e. The van der Waals surface area contributed by atoms with E-state index < -0.39 is 0 Å². The van der Waals surface area contributed by atoms with E-state index in [4.69, 9.17) is 10.5 Å². The number of aliphatic hydroxyl groups excluding tert-OH is 1. The number of thioether (sulfide) groups is 1. The van der Waals surface area contributed by atoms with Crippen molar-refractivity contribution in [2.45, 2.75) is 39.7 Å². The number of aryl methyl sites for hydroxylation is 1. The van der Waals surface area contributed by atoms with Crippen LogP contribution in [0.2, 0.25) is 0 Å². The first-order chi connectivity index (χ1) is 19.8. The van der Waals surface area contributed by atoms with Gasteiger partial charge >= 0.3 is 0 Å². The number of nitrogens with zero attached hydrogens (tertiary/aromatic N) is 4. The predicted molar refractivity (Wildman–Crippen MR) is 161 cm³/mol. The lowest BCUT2D eigenvalue weighted by molar-refractivity contribution is -0.117. The van der Waals surface area contributed by atoms with Crippen LogP contribution in [0.5, 0.6) is 11.5 Å². The molecular weight excluding hydrogens is 542 g/mol. The molecule has 0 fully saturated rings. The van der Waals surface area contributed by atoms with Gasteiger partial charge in [-0.3, -0.25) is 9.59 Å². The molecule has 3 rings (SSSR count). The van der Waals surface area contributed by atoms with Crippen LogP contribution in [0, 0.1) is 6.92 Å². The number of carbonyl (C=O) groups is 3. The van der Waals surface area contributed by atoms with E-state index in [0.717, 1.165) is 36.7 Å². The van der Waals surface area contributed by atoms with Crippen LogP contribution in [0.1, 0.15) is 47.9 Å². The standard InChI is InChI=1S/C30H35N5O5S/c1-21(35(20-38)19-23-18-32-22(2)33-29(23)31)28(14-17-37)41-30(39)26-8-4-5-9-27(26)40-25-12-10-24(11-13-25)34(3)15-6-7-16-36/h4-5,8-13,16,18,20,37H,6-7,14-15,17,19H2,1-3H3,(H2,31,32,33)/b28-21-. The first kappa shape index (κ1) is 31.3. The number of benzene rings is 2. The molecule has 0 radical (unpaired) electrons. The van der Waals surface area contributed by atoms with Crippen LogP contribution in [0.3, 0.4) is 0 Å². The Morgan fingerprint density at radius 3 is 2.54 bits per heavy atom. The fourth-order valence-corrected chi connectivity index (χ4v) is 4.91. The number of rotatable bonds is 15. The number of allylic oxidation sites excluding steroid dienone is 1. The Bertz CT molecular complexity index is 1380. The van der Waals surface area contributed by atoms with E-state index in [-0.39, 0.29) is 30.5 Å². The minimum Gasteiger partial charge on any atom is -0.457 e. The van der Waals surface area contributed by atoms with Crippen LogP contribution in [-0.4, -0.2) is 58.0 Å². The smallest absolute Gasteiger partial charge is 0.227 e. The highest BCUT2D eigenvalue weighted by atomic mass is 32.2. The maximum atomic E-state index is 13.5. The van der Waals surface area contributed by atoms with Crippen LogP contribution in [0.15, 0.2) is 65.3 Å². The molecule has 216 valence electrons. The van der Waals surface area contributed by atoms with Gasteiger partial charge in [-0.2, -0.15) is 0 Å². The lowest BCUT2D eigenvalue weighted by Crippen LogP contribution is -2.22. The lowest BCUT2D eigenvalue weighted by atomic mass is 10.2. The lowest BCUT2D eigenvalue weighted by Gasteiger charge is -2.22. The third kappa shape index (κ3) is 8.89. The van der Waals surface area contributed by atoms with Crippen LogP contribution >= 0.6 is 11.8 Å². The average molecular weight is 578 g/mol. The zero-order chi connectivity index (χ0) is 29.8. The summed E-state index contributed by atoms with van der Waals surface area (Å²) in [4.78, 5) is 48.3. The number of nitrogen functional groups attached to an aromatic ring is 1. The summed E-state index contributed by atoms with van der Waals surface area (Å²) in [6, 6.07) is 14.4. The molecule has 1 amide bonds. The first-order valence-electron chi connectivity index (χ1n) is 13.1. The number of unbranched alkanes of at least 4 members (excludes halogenated alkanes) is 1. The molecule has 0 aliphatic heterocycles. The molecule has 0 atom stereocenters. The van der Waals surface area contributed by atoms with Crippen molar-refractivity contribution in [1.29, 1.82) is 0 Å². The molecule has 1 aromatic heterocycles. The minimum atomic E-state index is -0.293. The molecular formula is C30H35N5O5S. The molecule has 0 aliphatic rings. The highest BCUT2D eigenvalue weighted by Crippen LogP contribution is 2.34. The Hall–Kier alpha value is -4.22. The second kappa shape index (κ2) is 15.5. The summed E-state index contributed by atoms with van der Waals surface area (Å²) >= 11 is 0.938. The van der Waals surface area contributed by atoms with Gasteiger partial charge < -0.3 is 30.2 Å². The number of para-hydroxylation sites is 1. The molecule has 1 heterocycles. The summed E-state index contributed by atoms with van der Waals surface area (Å²) in [6.07, 6.45) is 4.61. The summed E-state index contributed by atoms with van der Waals surface area (Å²) in [6.45, 7) is 4.10. The third-order valence-electron chi connectivity index (χ3n) is 6.30. The molecule has 0 saturated heterocycles. The van der Waals surface area contributed by atoms with E-state index in [1.54, 1.807) is 44.3 Å². The highest BCUT2D eigenvalue weighted by Gasteiger charge is 2.20. The van der Waals surface area contributed by atoms with Crippen molar-refractivity contribution >= 4 is 41.1 Å². The Labute approximate surface area is 244 Å². The van der Waals surface area contributed by atoms with Crippen molar-refractivity contribution in [2.75, 3.05) is 30.8 Å². The number of aromatic nitrogens is 2. The number of nitrogens with two attached hydrogens (primary N) is 1. The SMILES string of the molecule is C/C(=C(\CCO)SC(=O)c1ccccc1Oc1ccc(N(C)CCCC=O)cc1)N(C=O)Cc1cnc(C)nc1N. The number of hydrogen-bond donors (Lipinski definition) is 2. The molecule has 41 heavy (non-hydrogen) atoms. The van der Waals surface area contributed by atoms with Crippen molar-refractivity contribution in [3.63, 3.8) is 0 Å². The number of aldehydes is 1. The van der Waals surface area contributed by atoms with E-state index in [2.05, 4.69) is 14.9 Å². The van der Waals surface area contributed by atoms with Gasteiger partial charge in [0.15, 0.2) is 0 Å². The Morgan fingerprint density at radius 2 is 1.88 bits per heavy atom. The van der Waals surface area contributed by atoms with Gasteiger partial charge in [0.2, 0.25) is 11.5 Å². The quantitative estimate of drug-likeness (QED) is 0.193. The van der Waals surface area contributed by atoms with Crippen LogP contribution in [-0.2, 0) is 16.1 Å². The minimum absolute atomic E-state index is 0.118. The van der Waals surface area contributed by atoms with Crippen molar-refractivity contribution in [2.24, 2.45) is 0 Å². The van der Waals surface area contributed by atoms with Gasteiger partial charge in [-0.25, -0.2) is 9.97 Å². The van der Waals surface area contributed by atoms with Crippen molar-refractivity contribution < 1.29 is 24.2 Å². The van der Waals surface area contributed by atoms with Crippen LogP contribution < -0.4 is 15.4 Å². The molecule has 0 unspecified atom stereocenters. The fourth-order valence-electron chi connectivity index (χ4n) is 3.95. The number of ether oxygens (including phenoxy) is 1. The largest absolute Gasteiger partial charge is 0.457 e. The van der Waals surface area contributed by atoms with E-state index in [1.165, 1.54) is 4.90 Å². The first-order valence-corrected chi connectivity index (χ1v) is 13.9. The molecule has 10 nitrogen and oxygen atoms in total. The summed E-state index contributed by atoms with van der Waals surface area (Å²) in [5.41, 5.74) is 8.42. The number of aliphatic hydroxyl groups is 1. The molecule has 0 aliphatic carbocycles. The van der Waals surface area contributed by atoms with Gasteiger partial charge in [0.25, 0.3) is 0 Å². The number of hydrogen-bond acceptors (Lipinski definition) is 10. The van der Waals surface area contributed by atoms with Gasteiger partial charge in [-0.15, -0.1) is 0 Å². The van der Waals surface area contributed by atoms with E-state index >= 15 is 0 Å². The molecule has 0 spiro atoms. The number of anilines is 2. The predicted octanol–water partition coefficient (Wildman–Crippen LogP) is 4.72.